The second-order valence-corrected chi connectivity index (χ2v) is 12.8. The molecule has 51 heavy (non-hydrogen) atoms. The molecule has 0 aliphatic rings. The molecule has 0 radical (unpaired) electrons. The van der Waals surface area contributed by atoms with E-state index >= 15 is 0 Å². The molecule has 240 valence electrons. The first kappa shape index (κ1) is 29.0. The van der Waals surface area contributed by atoms with Crippen LogP contribution in [0, 0.1) is 0 Å². The number of anilines is 3. The summed E-state index contributed by atoms with van der Waals surface area (Å²) in [5.41, 5.74) is 11.9. The van der Waals surface area contributed by atoms with E-state index in [4.69, 9.17) is 13.8 Å². The average Bonchev–Trinajstić information content (AvgIpc) is 3.80. The van der Waals surface area contributed by atoms with Crippen LogP contribution in [0.4, 0.5) is 17.1 Å². The zero-order valence-electron chi connectivity index (χ0n) is 27.5. The van der Waals surface area contributed by atoms with Crippen molar-refractivity contribution < 1.29 is 8.83 Å². The van der Waals surface area contributed by atoms with Crippen molar-refractivity contribution in [2.75, 3.05) is 4.90 Å². The first-order chi connectivity index (χ1) is 25.3. The maximum absolute atomic E-state index is 6.85. The standard InChI is InChI=1S/C47H30N2O2/c1-3-13-35(14-4-1)49(36-15-5-2-6-16-36)37-28-26-32(27-29-37)31-22-24-33(25-23-31)39-18-11-19-40-41-30-34-12-7-8-17-38(34)44(46(41)51-45(39)40)47-48-42-20-9-10-21-43(42)50-47/h1-30H. The highest BCUT2D eigenvalue weighted by molar-refractivity contribution is 6.19. The molecular weight excluding hydrogens is 625 g/mol. The third-order valence-electron chi connectivity index (χ3n) is 9.70. The Hall–Kier alpha value is -6.91. The second kappa shape index (κ2) is 11.9. The Morgan fingerprint density at radius 3 is 1.73 bits per heavy atom. The van der Waals surface area contributed by atoms with Crippen molar-refractivity contribution >= 4 is 60.9 Å². The predicted octanol–water partition coefficient (Wildman–Crippen LogP) is 13.4. The van der Waals surface area contributed by atoms with Crippen LogP contribution in [0.5, 0.6) is 0 Å². The van der Waals surface area contributed by atoms with Crippen molar-refractivity contribution in [3.8, 4) is 33.7 Å². The molecule has 4 heteroatoms. The van der Waals surface area contributed by atoms with Gasteiger partial charge in [0.25, 0.3) is 0 Å². The monoisotopic (exact) mass is 654 g/mol. The van der Waals surface area contributed by atoms with Crippen LogP contribution in [0.25, 0.3) is 77.5 Å². The molecule has 0 unspecified atom stereocenters. The minimum absolute atomic E-state index is 0.560. The number of hydrogen-bond acceptors (Lipinski definition) is 4. The lowest BCUT2D eigenvalue weighted by molar-refractivity contribution is 0.616. The van der Waals surface area contributed by atoms with E-state index in [1.807, 2.05) is 42.5 Å². The van der Waals surface area contributed by atoms with E-state index in [9.17, 15) is 0 Å². The number of para-hydroxylation sites is 5. The van der Waals surface area contributed by atoms with Gasteiger partial charge in [-0.15, -0.1) is 0 Å². The molecule has 10 rings (SSSR count). The molecule has 0 aliphatic heterocycles. The molecule has 0 fully saturated rings. The summed E-state index contributed by atoms with van der Waals surface area (Å²) in [4.78, 5) is 7.17. The number of benzene rings is 8. The predicted molar refractivity (Wildman–Crippen MR) is 210 cm³/mol. The van der Waals surface area contributed by atoms with E-state index in [0.717, 1.165) is 88.7 Å². The summed E-state index contributed by atoms with van der Waals surface area (Å²) in [7, 11) is 0. The molecule has 10 aromatic rings. The highest BCUT2D eigenvalue weighted by Gasteiger charge is 2.22. The van der Waals surface area contributed by atoms with Gasteiger partial charge in [0.05, 0.1) is 5.56 Å². The molecule has 0 bridgehead atoms. The van der Waals surface area contributed by atoms with Gasteiger partial charge >= 0.3 is 0 Å². The van der Waals surface area contributed by atoms with Gasteiger partial charge in [0.2, 0.25) is 5.89 Å². The Balaban J connectivity index is 1.04. The minimum Gasteiger partial charge on any atom is -0.455 e. The molecule has 0 amide bonds. The highest BCUT2D eigenvalue weighted by atomic mass is 16.4. The van der Waals surface area contributed by atoms with Gasteiger partial charge in [0.15, 0.2) is 5.58 Å². The number of oxazole rings is 1. The van der Waals surface area contributed by atoms with Crippen molar-refractivity contribution in [3.05, 3.63) is 182 Å². The summed E-state index contributed by atoms with van der Waals surface area (Å²) in [5.74, 6) is 0.560. The van der Waals surface area contributed by atoms with E-state index in [0.29, 0.717) is 5.89 Å². The summed E-state index contributed by atoms with van der Waals surface area (Å²) in [6.45, 7) is 0. The fraction of sp³-hybridized carbons (Fsp3) is 0. The SMILES string of the molecule is c1ccc(N(c2ccccc2)c2ccc(-c3ccc(-c4cccc5c4oc4c(-c6nc7ccccc7o6)c6ccccc6cc45)cc3)cc2)cc1. The Kier molecular flexibility index (Phi) is 6.78. The van der Waals surface area contributed by atoms with Gasteiger partial charge in [0.1, 0.15) is 16.7 Å². The molecule has 2 aromatic heterocycles. The molecule has 8 aromatic carbocycles. The van der Waals surface area contributed by atoms with Crippen molar-refractivity contribution in [1.82, 2.24) is 4.98 Å². The van der Waals surface area contributed by atoms with Crippen LogP contribution in [0.1, 0.15) is 0 Å². The van der Waals surface area contributed by atoms with Gasteiger partial charge < -0.3 is 13.7 Å². The van der Waals surface area contributed by atoms with Crippen LogP contribution >= 0.6 is 0 Å². The van der Waals surface area contributed by atoms with E-state index in [2.05, 4.69) is 144 Å². The Bertz CT molecular complexity index is 2760. The van der Waals surface area contributed by atoms with Gasteiger partial charge in [-0.2, -0.15) is 0 Å². The highest BCUT2D eigenvalue weighted by Crippen LogP contribution is 2.44. The summed E-state index contributed by atoms with van der Waals surface area (Å²) < 4.78 is 13.2. The largest absolute Gasteiger partial charge is 0.455 e. The molecule has 0 saturated heterocycles. The third kappa shape index (κ3) is 4.96. The Labute approximate surface area is 294 Å². The van der Waals surface area contributed by atoms with E-state index < -0.39 is 0 Å². The molecule has 0 atom stereocenters. The molecule has 0 N–H and O–H groups in total. The number of furan rings is 1. The molecular formula is C47H30N2O2. The molecule has 2 heterocycles. The Morgan fingerprint density at radius 1 is 0.412 bits per heavy atom. The number of hydrogen-bond donors (Lipinski definition) is 0. The topological polar surface area (TPSA) is 42.4 Å². The number of rotatable bonds is 6. The summed E-state index contributed by atoms with van der Waals surface area (Å²) in [6, 6.07) is 63.3. The lowest BCUT2D eigenvalue weighted by atomic mass is 9.97. The molecule has 0 saturated carbocycles. The van der Waals surface area contributed by atoms with E-state index in [1.54, 1.807) is 0 Å². The van der Waals surface area contributed by atoms with Crippen LogP contribution in [-0.4, -0.2) is 4.98 Å². The van der Waals surface area contributed by atoms with E-state index in [-0.39, 0.29) is 0 Å². The van der Waals surface area contributed by atoms with Crippen molar-refractivity contribution in [2.24, 2.45) is 0 Å². The average molecular weight is 655 g/mol. The molecule has 0 spiro atoms. The normalized spacial score (nSPS) is 11.5. The number of aromatic nitrogens is 1. The first-order valence-electron chi connectivity index (χ1n) is 17.1. The van der Waals surface area contributed by atoms with Crippen LogP contribution in [0.2, 0.25) is 0 Å². The maximum Gasteiger partial charge on any atom is 0.231 e. The van der Waals surface area contributed by atoms with Crippen molar-refractivity contribution in [1.29, 1.82) is 0 Å². The quantitative estimate of drug-likeness (QED) is 0.179. The zero-order chi connectivity index (χ0) is 33.7. The molecule has 4 nitrogen and oxygen atoms in total. The summed E-state index contributed by atoms with van der Waals surface area (Å²) >= 11 is 0. The van der Waals surface area contributed by atoms with Gasteiger partial charge in [-0.3, -0.25) is 0 Å². The number of fused-ring (bicyclic) bond motifs is 5. The fourth-order valence-corrected chi connectivity index (χ4v) is 7.26. The lowest BCUT2D eigenvalue weighted by Crippen LogP contribution is -2.09. The van der Waals surface area contributed by atoms with Crippen molar-refractivity contribution in [2.45, 2.75) is 0 Å². The van der Waals surface area contributed by atoms with Crippen LogP contribution in [0.3, 0.4) is 0 Å². The Morgan fingerprint density at radius 2 is 1.00 bits per heavy atom. The van der Waals surface area contributed by atoms with Crippen LogP contribution in [0.15, 0.2) is 191 Å². The van der Waals surface area contributed by atoms with Crippen LogP contribution < -0.4 is 4.90 Å². The third-order valence-corrected chi connectivity index (χ3v) is 9.70. The van der Waals surface area contributed by atoms with E-state index in [1.165, 1.54) is 0 Å². The zero-order valence-corrected chi connectivity index (χ0v) is 27.5. The smallest absolute Gasteiger partial charge is 0.231 e. The van der Waals surface area contributed by atoms with Gasteiger partial charge in [-0.25, -0.2) is 4.98 Å². The van der Waals surface area contributed by atoms with Crippen LogP contribution in [-0.2, 0) is 0 Å². The maximum atomic E-state index is 6.85. The molecule has 0 aliphatic carbocycles. The van der Waals surface area contributed by atoms with Gasteiger partial charge in [0, 0.05) is 33.4 Å². The first-order valence-corrected chi connectivity index (χ1v) is 17.1. The van der Waals surface area contributed by atoms with Crippen molar-refractivity contribution in [3.63, 3.8) is 0 Å². The second-order valence-electron chi connectivity index (χ2n) is 12.8. The lowest BCUT2D eigenvalue weighted by Gasteiger charge is -2.25. The van der Waals surface area contributed by atoms with Gasteiger partial charge in [-0.1, -0.05) is 127 Å². The number of nitrogens with zero attached hydrogens (tertiary/aromatic N) is 2. The fourth-order valence-electron chi connectivity index (χ4n) is 7.26. The summed E-state index contributed by atoms with van der Waals surface area (Å²) in [6.07, 6.45) is 0. The summed E-state index contributed by atoms with van der Waals surface area (Å²) in [5, 5.41) is 4.26. The van der Waals surface area contributed by atoms with Gasteiger partial charge in [-0.05, 0) is 82.1 Å². The minimum atomic E-state index is 0.560.